The second-order valence-electron chi connectivity index (χ2n) is 6.83. The molecule has 4 aromatic rings. The average Bonchev–Trinajstić information content (AvgIpc) is 2.78. The highest BCUT2D eigenvalue weighted by molar-refractivity contribution is 7.71. The van der Waals surface area contributed by atoms with Crippen molar-refractivity contribution in [1.82, 2.24) is 19.9 Å². The lowest BCUT2D eigenvalue weighted by atomic mass is 10.1. The van der Waals surface area contributed by atoms with Gasteiger partial charge in [0.15, 0.2) is 10.5 Å². The molecule has 0 radical (unpaired) electrons. The van der Waals surface area contributed by atoms with Crippen molar-refractivity contribution in [2.75, 3.05) is 0 Å². The molecular weight excluding hydrogens is 452 g/mol. The molecule has 0 spiro atoms. The summed E-state index contributed by atoms with van der Waals surface area (Å²) in [5, 5.41) is 12.8. The molecule has 0 bridgehead atoms. The third kappa shape index (κ3) is 4.29. The highest BCUT2D eigenvalue weighted by Gasteiger charge is 2.13. The number of aromatic nitrogens is 3. The Kier molecular flexibility index (Phi) is 5.85. The number of hydrogen-bond donors (Lipinski definition) is 3. The summed E-state index contributed by atoms with van der Waals surface area (Å²) in [4.78, 5) is 43.7. The summed E-state index contributed by atoms with van der Waals surface area (Å²) >= 11 is 11.2. The van der Waals surface area contributed by atoms with E-state index in [0.717, 1.165) is 10.1 Å². The average molecular weight is 467 g/mol. The Morgan fingerprint density at radius 1 is 1.12 bits per heavy atom. The molecule has 0 aliphatic rings. The molecule has 0 unspecified atom stereocenters. The van der Waals surface area contributed by atoms with Crippen LogP contribution in [-0.4, -0.2) is 31.5 Å². The molecule has 0 aliphatic carbocycles. The Morgan fingerprint density at radius 2 is 1.88 bits per heavy atom. The van der Waals surface area contributed by atoms with Crippen LogP contribution in [0.1, 0.15) is 26.4 Å². The van der Waals surface area contributed by atoms with Gasteiger partial charge in [-0.15, -0.1) is 0 Å². The Hall–Kier alpha value is -3.82. The number of nitrogens with one attached hydrogen (secondary N) is 2. The number of aromatic amines is 1. The number of rotatable bonds is 5. The van der Waals surface area contributed by atoms with Gasteiger partial charge in [0.25, 0.3) is 11.5 Å². The van der Waals surface area contributed by atoms with Crippen LogP contribution in [0.4, 0.5) is 0 Å². The van der Waals surface area contributed by atoms with Gasteiger partial charge in [-0.2, -0.15) is 0 Å². The number of carboxylic acids is 1. The van der Waals surface area contributed by atoms with Crippen molar-refractivity contribution in [3.05, 3.63) is 97.6 Å². The molecule has 0 atom stereocenters. The van der Waals surface area contributed by atoms with E-state index in [1.165, 1.54) is 36.4 Å². The molecule has 10 heteroatoms. The molecule has 2 heterocycles. The third-order valence-corrected chi connectivity index (χ3v) is 5.25. The van der Waals surface area contributed by atoms with E-state index in [0.29, 0.717) is 22.6 Å². The fourth-order valence-electron chi connectivity index (χ4n) is 3.12. The van der Waals surface area contributed by atoms with Crippen molar-refractivity contribution in [2.45, 2.75) is 6.54 Å². The van der Waals surface area contributed by atoms with Gasteiger partial charge in [0.1, 0.15) is 5.82 Å². The van der Waals surface area contributed by atoms with Gasteiger partial charge >= 0.3 is 5.97 Å². The summed E-state index contributed by atoms with van der Waals surface area (Å²) in [6.07, 6.45) is 0. The van der Waals surface area contributed by atoms with Crippen molar-refractivity contribution < 1.29 is 14.7 Å². The molecule has 0 saturated heterocycles. The Bertz CT molecular complexity index is 1480. The van der Waals surface area contributed by atoms with Crippen molar-refractivity contribution in [1.29, 1.82) is 0 Å². The maximum atomic E-state index is 13.0. The first-order valence-corrected chi connectivity index (χ1v) is 10.1. The van der Waals surface area contributed by atoms with E-state index in [-0.39, 0.29) is 27.6 Å². The second-order valence-corrected chi connectivity index (χ2v) is 7.65. The van der Waals surface area contributed by atoms with Crippen LogP contribution in [0, 0.1) is 4.77 Å². The smallest absolute Gasteiger partial charge is 0.354 e. The fourth-order valence-corrected chi connectivity index (χ4v) is 3.53. The van der Waals surface area contributed by atoms with Crippen LogP contribution >= 0.6 is 23.8 Å². The van der Waals surface area contributed by atoms with Gasteiger partial charge in [-0.05, 0) is 60.2 Å². The third-order valence-electron chi connectivity index (χ3n) is 4.71. The Morgan fingerprint density at radius 3 is 2.59 bits per heavy atom. The quantitative estimate of drug-likeness (QED) is 0.386. The van der Waals surface area contributed by atoms with E-state index in [4.69, 9.17) is 28.9 Å². The lowest BCUT2D eigenvalue weighted by Gasteiger charge is -2.10. The first-order chi connectivity index (χ1) is 15.3. The molecule has 2 aromatic carbocycles. The van der Waals surface area contributed by atoms with Crippen LogP contribution in [0.25, 0.3) is 16.7 Å². The SMILES string of the molecule is O=C(NCc1ccc(Cl)cc1)c1ccc2c(=O)n(-c3cccc(C(=O)O)n3)c(=S)[nH]c2c1. The van der Waals surface area contributed by atoms with Gasteiger partial charge in [0.2, 0.25) is 0 Å². The van der Waals surface area contributed by atoms with Crippen molar-refractivity contribution >= 4 is 46.6 Å². The van der Waals surface area contributed by atoms with Gasteiger partial charge < -0.3 is 15.4 Å². The number of aromatic carboxylic acids is 1. The molecule has 32 heavy (non-hydrogen) atoms. The predicted molar refractivity (Wildman–Crippen MR) is 122 cm³/mol. The lowest BCUT2D eigenvalue weighted by molar-refractivity contribution is 0.0690. The number of carboxylic acid groups (broad SMARTS) is 1. The highest BCUT2D eigenvalue weighted by Crippen LogP contribution is 2.14. The number of pyridine rings is 1. The predicted octanol–water partition coefficient (Wildman–Crippen LogP) is 3.72. The van der Waals surface area contributed by atoms with Gasteiger partial charge in [-0.1, -0.05) is 29.8 Å². The van der Waals surface area contributed by atoms with Crippen LogP contribution in [0.5, 0.6) is 0 Å². The second kappa shape index (κ2) is 8.74. The first kappa shape index (κ1) is 21.4. The summed E-state index contributed by atoms with van der Waals surface area (Å²) in [5.74, 6) is -1.45. The summed E-state index contributed by atoms with van der Waals surface area (Å²) < 4.78 is 1.14. The summed E-state index contributed by atoms with van der Waals surface area (Å²) in [6.45, 7) is 0.317. The number of benzene rings is 2. The zero-order chi connectivity index (χ0) is 22.8. The molecule has 4 rings (SSSR count). The maximum absolute atomic E-state index is 13.0. The van der Waals surface area contributed by atoms with Gasteiger partial charge in [0, 0.05) is 17.1 Å². The minimum absolute atomic E-state index is 0.0243. The van der Waals surface area contributed by atoms with Crippen LogP contribution < -0.4 is 10.9 Å². The summed E-state index contributed by atoms with van der Waals surface area (Å²) in [7, 11) is 0. The minimum Gasteiger partial charge on any atom is -0.477 e. The zero-order valence-electron chi connectivity index (χ0n) is 16.3. The number of hydrogen-bond acceptors (Lipinski definition) is 5. The van der Waals surface area contributed by atoms with Gasteiger partial charge in [0.05, 0.1) is 10.9 Å². The topological polar surface area (TPSA) is 117 Å². The molecule has 160 valence electrons. The monoisotopic (exact) mass is 466 g/mol. The molecule has 8 nitrogen and oxygen atoms in total. The van der Waals surface area contributed by atoms with Crippen LogP contribution in [0.2, 0.25) is 5.02 Å². The van der Waals surface area contributed by atoms with E-state index >= 15 is 0 Å². The van der Waals surface area contributed by atoms with Crippen molar-refractivity contribution in [3.63, 3.8) is 0 Å². The zero-order valence-corrected chi connectivity index (χ0v) is 17.9. The molecule has 0 saturated carbocycles. The molecule has 3 N–H and O–H groups in total. The van der Waals surface area contributed by atoms with Crippen molar-refractivity contribution in [2.24, 2.45) is 0 Å². The first-order valence-electron chi connectivity index (χ1n) is 9.36. The van der Waals surface area contributed by atoms with E-state index in [1.807, 2.05) is 12.1 Å². The number of halogens is 1. The molecule has 2 aromatic heterocycles. The number of amides is 1. The molecule has 1 amide bonds. The van der Waals surface area contributed by atoms with Crippen molar-refractivity contribution in [3.8, 4) is 5.82 Å². The maximum Gasteiger partial charge on any atom is 0.354 e. The number of nitrogens with zero attached hydrogens (tertiary/aromatic N) is 2. The Balaban J connectivity index is 1.66. The molecule has 0 aliphatic heterocycles. The Labute approximate surface area is 191 Å². The largest absolute Gasteiger partial charge is 0.477 e. The van der Waals surface area contributed by atoms with Crippen LogP contribution in [0.15, 0.2) is 65.5 Å². The van der Waals surface area contributed by atoms with E-state index in [9.17, 15) is 14.4 Å². The number of fused-ring (bicyclic) bond motifs is 1. The lowest BCUT2D eigenvalue weighted by Crippen LogP contribution is -2.24. The fraction of sp³-hybridized carbons (Fsp3) is 0.0455. The van der Waals surface area contributed by atoms with Crippen LogP contribution in [-0.2, 0) is 6.54 Å². The highest BCUT2D eigenvalue weighted by atomic mass is 35.5. The van der Waals surface area contributed by atoms with Crippen LogP contribution in [0.3, 0.4) is 0 Å². The number of carbonyl (C=O) groups is 2. The van der Waals surface area contributed by atoms with Gasteiger partial charge in [-0.25, -0.2) is 14.3 Å². The summed E-state index contributed by atoms with van der Waals surface area (Å²) in [5.41, 5.74) is 0.926. The number of carbonyl (C=O) groups excluding carboxylic acids is 1. The standard InChI is InChI=1S/C22H15ClN4O4S/c23-14-7-4-12(5-8-14)11-24-19(28)13-6-9-15-17(10-13)26-22(32)27(20(15)29)18-3-1-2-16(25-18)21(30)31/h1-10H,11H2,(H,24,28)(H,26,32)(H,30,31). The molecule has 0 fully saturated rings. The van der Waals surface area contributed by atoms with E-state index in [1.54, 1.807) is 12.1 Å². The number of H-pyrrole nitrogens is 1. The molecular formula is C22H15ClN4O4S. The van der Waals surface area contributed by atoms with E-state index in [2.05, 4.69) is 15.3 Å². The van der Waals surface area contributed by atoms with Gasteiger partial charge in [-0.3, -0.25) is 9.59 Å². The normalized spacial score (nSPS) is 10.8. The van der Waals surface area contributed by atoms with E-state index < -0.39 is 11.5 Å². The summed E-state index contributed by atoms with van der Waals surface area (Å²) in [6, 6.07) is 16.0. The minimum atomic E-state index is -1.22.